The summed E-state index contributed by atoms with van der Waals surface area (Å²) in [6.45, 7) is 6.16. The van der Waals surface area contributed by atoms with Gasteiger partial charge in [0, 0.05) is 19.2 Å². The van der Waals surface area contributed by atoms with E-state index in [-0.39, 0.29) is 17.8 Å². The van der Waals surface area contributed by atoms with Crippen LogP contribution in [0.3, 0.4) is 0 Å². The van der Waals surface area contributed by atoms with E-state index in [4.69, 9.17) is 9.72 Å². The van der Waals surface area contributed by atoms with E-state index in [2.05, 4.69) is 10.6 Å². The van der Waals surface area contributed by atoms with Crippen LogP contribution < -0.4 is 15.5 Å². The second-order valence-corrected chi connectivity index (χ2v) is 8.93. The molecule has 6 nitrogen and oxygen atoms in total. The van der Waals surface area contributed by atoms with Crippen molar-refractivity contribution in [3.05, 3.63) is 83.2 Å². The zero-order valence-corrected chi connectivity index (χ0v) is 19.6. The fourth-order valence-electron chi connectivity index (χ4n) is 3.98. The molecule has 9 heteroatoms. The van der Waals surface area contributed by atoms with Crippen LogP contribution in [0.15, 0.2) is 54.6 Å². The molecule has 0 spiro atoms. The number of amides is 1. The Morgan fingerprint density at radius 3 is 2.29 bits per heavy atom. The van der Waals surface area contributed by atoms with Gasteiger partial charge >= 0.3 is 0 Å². The molecular formula is C26H27F3N4O2. The molecule has 35 heavy (non-hydrogen) atoms. The van der Waals surface area contributed by atoms with Gasteiger partial charge in [0.15, 0.2) is 5.82 Å². The highest BCUT2D eigenvalue weighted by Crippen LogP contribution is 2.30. The summed E-state index contributed by atoms with van der Waals surface area (Å²) in [5, 5.41) is 6.20. The molecule has 1 fully saturated rings. The van der Waals surface area contributed by atoms with Gasteiger partial charge in [-0.05, 0) is 61.4 Å². The van der Waals surface area contributed by atoms with Crippen LogP contribution in [0, 0.1) is 17.5 Å². The van der Waals surface area contributed by atoms with Crippen LogP contribution in [0.4, 0.5) is 30.5 Å². The van der Waals surface area contributed by atoms with Gasteiger partial charge in [0.25, 0.3) is 0 Å². The zero-order chi connectivity index (χ0) is 25.0. The van der Waals surface area contributed by atoms with E-state index >= 15 is 0 Å². The van der Waals surface area contributed by atoms with Crippen molar-refractivity contribution >= 4 is 23.2 Å². The molecule has 0 unspecified atom stereocenters. The Bertz CT molecular complexity index is 1180. The number of benzene rings is 2. The normalized spacial score (nSPS) is 14.0. The molecule has 1 amide bonds. The van der Waals surface area contributed by atoms with E-state index in [0.717, 1.165) is 23.8 Å². The molecule has 2 heterocycles. The first-order valence-corrected chi connectivity index (χ1v) is 11.3. The lowest BCUT2D eigenvalue weighted by molar-refractivity contribution is -0.115. The van der Waals surface area contributed by atoms with Crippen molar-refractivity contribution in [2.75, 3.05) is 41.8 Å². The van der Waals surface area contributed by atoms with Crippen LogP contribution in [0.25, 0.3) is 0 Å². The summed E-state index contributed by atoms with van der Waals surface area (Å²) in [4.78, 5) is 19.5. The molecule has 2 N–H and O–H groups in total. The Hall–Kier alpha value is -3.59. The predicted octanol–water partition coefficient (Wildman–Crippen LogP) is 4.86. The number of hydrogen-bond donors (Lipinski definition) is 2. The Balaban J connectivity index is 1.57. The fraction of sp³-hybridized carbons (Fsp3) is 0.308. The van der Waals surface area contributed by atoms with Crippen molar-refractivity contribution in [1.29, 1.82) is 0 Å². The van der Waals surface area contributed by atoms with Gasteiger partial charge in [0.05, 0.1) is 30.9 Å². The smallest absolute Gasteiger partial charge is 0.228 e. The van der Waals surface area contributed by atoms with Gasteiger partial charge in [-0.15, -0.1) is 0 Å². The maximum atomic E-state index is 13.5. The lowest BCUT2D eigenvalue weighted by Gasteiger charge is -2.31. The Morgan fingerprint density at radius 2 is 1.63 bits per heavy atom. The first-order chi connectivity index (χ1) is 16.7. The predicted molar refractivity (Wildman–Crippen MR) is 129 cm³/mol. The van der Waals surface area contributed by atoms with Crippen molar-refractivity contribution in [2.24, 2.45) is 0 Å². The van der Waals surface area contributed by atoms with Crippen LogP contribution in [0.5, 0.6) is 0 Å². The molecule has 184 valence electrons. The van der Waals surface area contributed by atoms with Gasteiger partial charge in [0.1, 0.15) is 23.3 Å². The average molecular weight is 485 g/mol. The SMILES string of the molecule is CC(C)(Nc1ccc(NC(=O)Cc2cc(F)cc(F)c2)c(N2CCOCC2)n1)c1ccc(F)cc1. The third-order valence-corrected chi connectivity index (χ3v) is 5.75. The third kappa shape index (κ3) is 6.30. The molecule has 4 rings (SSSR count). The number of aromatic nitrogens is 1. The summed E-state index contributed by atoms with van der Waals surface area (Å²) < 4.78 is 45.8. The number of ether oxygens (including phenoxy) is 1. The third-order valence-electron chi connectivity index (χ3n) is 5.75. The molecule has 3 aromatic rings. The molecular weight excluding hydrogens is 457 g/mol. The van der Waals surface area contributed by atoms with Gasteiger partial charge in [-0.2, -0.15) is 0 Å². The highest BCUT2D eigenvalue weighted by atomic mass is 19.1. The van der Waals surface area contributed by atoms with Gasteiger partial charge in [-0.1, -0.05) is 12.1 Å². The van der Waals surface area contributed by atoms with E-state index in [1.807, 2.05) is 18.7 Å². The molecule has 0 bridgehead atoms. The Morgan fingerprint density at radius 1 is 0.971 bits per heavy atom. The van der Waals surface area contributed by atoms with Gasteiger partial charge in [-0.25, -0.2) is 18.2 Å². The van der Waals surface area contributed by atoms with Crippen molar-refractivity contribution in [3.8, 4) is 0 Å². The average Bonchev–Trinajstić information content (AvgIpc) is 2.80. The van der Waals surface area contributed by atoms with E-state index < -0.39 is 23.1 Å². The van der Waals surface area contributed by atoms with Crippen molar-refractivity contribution < 1.29 is 22.7 Å². The lowest BCUT2D eigenvalue weighted by Crippen LogP contribution is -2.37. The number of rotatable bonds is 7. The monoisotopic (exact) mass is 484 g/mol. The number of halogens is 3. The van der Waals surface area contributed by atoms with Crippen molar-refractivity contribution in [3.63, 3.8) is 0 Å². The lowest BCUT2D eigenvalue weighted by atomic mass is 9.94. The minimum Gasteiger partial charge on any atom is -0.378 e. The second-order valence-electron chi connectivity index (χ2n) is 8.93. The van der Waals surface area contributed by atoms with Crippen LogP contribution in [0.1, 0.15) is 25.0 Å². The van der Waals surface area contributed by atoms with Gasteiger partial charge < -0.3 is 20.3 Å². The summed E-state index contributed by atoms with van der Waals surface area (Å²) in [6, 6.07) is 12.8. The van der Waals surface area contributed by atoms with E-state index in [9.17, 15) is 18.0 Å². The topological polar surface area (TPSA) is 66.5 Å². The van der Waals surface area contributed by atoms with Crippen LogP contribution >= 0.6 is 0 Å². The van der Waals surface area contributed by atoms with Crippen LogP contribution in [0.2, 0.25) is 0 Å². The summed E-state index contributed by atoms with van der Waals surface area (Å²) in [5.74, 6) is -1.06. The minimum atomic E-state index is -0.734. The standard InChI is InChI=1S/C26H27F3N4O2/c1-26(2,18-3-5-19(27)6-4-18)32-23-8-7-22(25(31-23)33-9-11-35-12-10-33)30-24(34)15-17-13-20(28)16-21(29)14-17/h3-8,13-14,16H,9-12,15H2,1-2H3,(H,30,34)(H,31,32). The Kier molecular flexibility index (Phi) is 7.25. The number of carbonyl (C=O) groups excluding carboxylic acids is 1. The van der Waals surface area contributed by atoms with Crippen LogP contribution in [-0.2, 0) is 21.5 Å². The van der Waals surface area contributed by atoms with Crippen molar-refractivity contribution in [2.45, 2.75) is 25.8 Å². The van der Waals surface area contributed by atoms with E-state index in [1.165, 1.54) is 12.1 Å². The first kappa shape index (κ1) is 24.5. The fourth-order valence-corrected chi connectivity index (χ4v) is 3.98. The number of nitrogens with one attached hydrogen (secondary N) is 2. The molecule has 0 radical (unpaired) electrons. The van der Waals surface area contributed by atoms with Gasteiger partial charge in [-0.3, -0.25) is 4.79 Å². The number of pyridine rings is 1. The maximum Gasteiger partial charge on any atom is 0.228 e. The number of morpholine rings is 1. The quantitative estimate of drug-likeness (QED) is 0.501. The highest BCUT2D eigenvalue weighted by Gasteiger charge is 2.23. The maximum absolute atomic E-state index is 13.5. The van der Waals surface area contributed by atoms with Crippen LogP contribution in [-0.4, -0.2) is 37.2 Å². The first-order valence-electron chi connectivity index (χ1n) is 11.3. The van der Waals surface area contributed by atoms with E-state index in [0.29, 0.717) is 43.6 Å². The van der Waals surface area contributed by atoms with E-state index in [1.54, 1.807) is 24.3 Å². The zero-order valence-electron chi connectivity index (χ0n) is 19.6. The van der Waals surface area contributed by atoms with Crippen molar-refractivity contribution in [1.82, 2.24) is 4.98 Å². The molecule has 1 aromatic heterocycles. The molecule has 0 atom stereocenters. The molecule has 1 aliphatic heterocycles. The Labute approximate surface area is 202 Å². The minimum absolute atomic E-state index is 0.186. The number of nitrogens with zero attached hydrogens (tertiary/aromatic N) is 2. The largest absolute Gasteiger partial charge is 0.378 e. The number of anilines is 3. The second kappa shape index (κ2) is 10.4. The summed E-state index contributed by atoms with van der Waals surface area (Å²) in [5.41, 5.74) is 1.06. The summed E-state index contributed by atoms with van der Waals surface area (Å²) >= 11 is 0. The molecule has 0 saturated carbocycles. The molecule has 1 saturated heterocycles. The van der Waals surface area contributed by atoms with Gasteiger partial charge in [0.2, 0.25) is 5.91 Å². The summed E-state index contributed by atoms with van der Waals surface area (Å²) in [7, 11) is 0. The summed E-state index contributed by atoms with van der Waals surface area (Å²) in [6.07, 6.45) is -0.186. The molecule has 2 aromatic carbocycles. The molecule has 1 aliphatic rings. The highest BCUT2D eigenvalue weighted by molar-refractivity contribution is 5.95. The number of carbonyl (C=O) groups is 1. The molecule has 0 aliphatic carbocycles. The number of hydrogen-bond acceptors (Lipinski definition) is 5.